The van der Waals surface area contributed by atoms with Crippen molar-refractivity contribution in [3.8, 4) is 0 Å². The van der Waals surface area contributed by atoms with Gasteiger partial charge in [0.1, 0.15) is 0 Å². The van der Waals surface area contributed by atoms with Gasteiger partial charge in [-0.05, 0) is 36.2 Å². The molecule has 0 bridgehead atoms. The van der Waals surface area contributed by atoms with Gasteiger partial charge in [-0.15, -0.1) is 0 Å². The summed E-state index contributed by atoms with van der Waals surface area (Å²) in [6, 6.07) is 14.9. The number of hydrogen-bond acceptors (Lipinski definition) is 5. The normalized spacial score (nSPS) is 14.3. The van der Waals surface area contributed by atoms with Gasteiger partial charge in [-0.1, -0.05) is 32.0 Å². The number of anilines is 2. The lowest BCUT2D eigenvalue weighted by Crippen LogP contribution is -2.36. The first-order valence-corrected chi connectivity index (χ1v) is 10.3. The summed E-state index contributed by atoms with van der Waals surface area (Å²) in [6.45, 7) is 7.65. The molecule has 7 nitrogen and oxygen atoms in total. The number of morpholine rings is 1. The van der Waals surface area contributed by atoms with Gasteiger partial charge in [0.05, 0.1) is 18.6 Å². The second-order valence-electron chi connectivity index (χ2n) is 7.88. The molecule has 0 atom stereocenters. The molecule has 4 rings (SSSR count). The van der Waals surface area contributed by atoms with E-state index in [0.717, 1.165) is 32.0 Å². The average molecular weight is 406 g/mol. The summed E-state index contributed by atoms with van der Waals surface area (Å²) >= 11 is 0. The Bertz CT molecular complexity index is 1100. The third-order valence-electron chi connectivity index (χ3n) is 5.12. The van der Waals surface area contributed by atoms with Gasteiger partial charge in [-0.3, -0.25) is 9.59 Å². The topological polar surface area (TPSA) is 76.5 Å². The van der Waals surface area contributed by atoms with Gasteiger partial charge in [-0.25, -0.2) is 4.68 Å². The van der Waals surface area contributed by atoms with Crippen molar-refractivity contribution in [1.82, 2.24) is 9.78 Å². The van der Waals surface area contributed by atoms with Crippen molar-refractivity contribution in [3.05, 3.63) is 64.6 Å². The number of aromatic nitrogens is 2. The molecule has 1 saturated heterocycles. The minimum atomic E-state index is -0.331. The molecule has 7 heteroatoms. The highest BCUT2D eigenvalue weighted by Gasteiger charge is 2.18. The lowest BCUT2D eigenvalue weighted by molar-refractivity contribution is 0.102. The van der Waals surface area contributed by atoms with E-state index in [4.69, 9.17) is 4.74 Å². The summed E-state index contributed by atoms with van der Waals surface area (Å²) in [5.41, 5.74) is 1.86. The number of carbonyl (C=O) groups excluding carboxylic acids is 1. The number of amides is 1. The van der Waals surface area contributed by atoms with Gasteiger partial charge < -0.3 is 15.0 Å². The largest absolute Gasteiger partial charge is 0.378 e. The Labute approximate surface area is 175 Å². The second-order valence-corrected chi connectivity index (χ2v) is 7.88. The van der Waals surface area contributed by atoms with Crippen molar-refractivity contribution >= 4 is 28.1 Å². The number of hydrogen-bond donors (Lipinski definition) is 1. The molecule has 0 saturated carbocycles. The molecule has 1 aliphatic heterocycles. The van der Waals surface area contributed by atoms with Crippen molar-refractivity contribution in [2.24, 2.45) is 5.92 Å². The molecular formula is C23H26N4O3. The molecule has 156 valence electrons. The van der Waals surface area contributed by atoms with E-state index in [1.165, 1.54) is 4.68 Å². The van der Waals surface area contributed by atoms with Crippen molar-refractivity contribution in [1.29, 1.82) is 0 Å². The first-order chi connectivity index (χ1) is 14.5. The van der Waals surface area contributed by atoms with Gasteiger partial charge in [-0.2, -0.15) is 5.10 Å². The van der Waals surface area contributed by atoms with Crippen LogP contribution in [0.5, 0.6) is 0 Å². The molecule has 0 unspecified atom stereocenters. The molecular weight excluding hydrogens is 380 g/mol. The maximum absolute atomic E-state index is 13.0. The summed E-state index contributed by atoms with van der Waals surface area (Å²) in [5, 5.41) is 8.38. The highest BCUT2D eigenvalue weighted by molar-refractivity contribution is 6.11. The molecule has 2 heterocycles. The Balaban J connectivity index is 1.61. The molecule has 1 aromatic heterocycles. The van der Waals surface area contributed by atoms with E-state index in [0.29, 0.717) is 23.0 Å². The third kappa shape index (κ3) is 4.21. The van der Waals surface area contributed by atoms with E-state index in [1.54, 1.807) is 18.2 Å². The lowest BCUT2D eigenvalue weighted by Gasteiger charge is -2.28. The van der Waals surface area contributed by atoms with Gasteiger partial charge >= 0.3 is 0 Å². The molecule has 1 N–H and O–H groups in total. The summed E-state index contributed by atoms with van der Waals surface area (Å²) in [7, 11) is 0. The lowest BCUT2D eigenvalue weighted by atomic mass is 10.1. The van der Waals surface area contributed by atoms with Crippen molar-refractivity contribution < 1.29 is 9.53 Å². The number of rotatable bonds is 5. The van der Waals surface area contributed by atoms with Gasteiger partial charge in [0, 0.05) is 36.4 Å². The predicted molar refractivity (Wildman–Crippen MR) is 118 cm³/mol. The summed E-state index contributed by atoms with van der Waals surface area (Å²) < 4.78 is 6.79. The second kappa shape index (κ2) is 8.67. The van der Waals surface area contributed by atoms with Gasteiger partial charge in [0.2, 0.25) is 0 Å². The zero-order valence-corrected chi connectivity index (χ0v) is 17.3. The van der Waals surface area contributed by atoms with Crippen LogP contribution in [0.4, 0.5) is 11.4 Å². The van der Waals surface area contributed by atoms with E-state index < -0.39 is 0 Å². The van der Waals surface area contributed by atoms with E-state index >= 15 is 0 Å². The first-order valence-electron chi connectivity index (χ1n) is 10.3. The molecule has 0 radical (unpaired) electrons. The van der Waals surface area contributed by atoms with Crippen LogP contribution in [0, 0.1) is 5.92 Å². The SMILES string of the molecule is CC(C)Cn1nc(C(=O)Nc2ccc(N3CCOCC3)cc2)c2ccccc2c1=O. The Morgan fingerprint density at radius 2 is 1.73 bits per heavy atom. The number of benzene rings is 2. The highest BCUT2D eigenvalue weighted by atomic mass is 16.5. The average Bonchev–Trinajstić information content (AvgIpc) is 2.76. The number of nitrogens with one attached hydrogen (secondary N) is 1. The summed E-state index contributed by atoms with van der Waals surface area (Å²) in [6.07, 6.45) is 0. The first kappa shape index (κ1) is 20.1. The van der Waals surface area contributed by atoms with Crippen LogP contribution in [0.2, 0.25) is 0 Å². The Morgan fingerprint density at radius 3 is 2.40 bits per heavy atom. The molecule has 2 aromatic carbocycles. The van der Waals surface area contributed by atoms with Crippen LogP contribution in [0.3, 0.4) is 0 Å². The summed E-state index contributed by atoms with van der Waals surface area (Å²) in [4.78, 5) is 28.0. The van der Waals surface area contributed by atoms with Crippen LogP contribution in [0.15, 0.2) is 53.3 Å². The van der Waals surface area contributed by atoms with Crippen LogP contribution in [-0.2, 0) is 11.3 Å². The van der Waals surface area contributed by atoms with E-state index in [-0.39, 0.29) is 23.1 Å². The Kier molecular flexibility index (Phi) is 5.81. The zero-order chi connectivity index (χ0) is 21.1. The Morgan fingerprint density at radius 1 is 1.07 bits per heavy atom. The number of fused-ring (bicyclic) bond motifs is 1. The minimum absolute atomic E-state index is 0.175. The molecule has 3 aromatic rings. The van der Waals surface area contributed by atoms with Gasteiger partial charge in [0.15, 0.2) is 5.69 Å². The van der Waals surface area contributed by atoms with E-state index in [2.05, 4.69) is 15.3 Å². The zero-order valence-electron chi connectivity index (χ0n) is 17.3. The molecule has 1 amide bonds. The van der Waals surface area contributed by atoms with Crippen LogP contribution < -0.4 is 15.8 Å². The minimum Gasteiger partial charge on any atom is -0.378 e. The highest BCUT2D eigenvalue weighted by Crippen LogP contribution is 2.20. The molecule has 30 heavy (non-hydrogen) atoms. The molecule has 1 fully saturated rings. The third-order valence-corrected chi connectivity index (χ3v) is 5.12. The smallest absolute Gasteiger partial charge is 0.276 e. The maximum atomic E-state index is 13.0. The fraction of sp³-hybridized carbons (Fsp3) is 0.348. The number of ether oxygens (including phenoxy) is 1. The van der Waals surface area contributed by atoms with Crippen molar-refractivity contribution in [2.45, 2.75) is 20.4 Å². The van der Waals surface area contributed by atoms with Crippen LogP contribution in [0.1, 0.15) is 24.3 Å². The fourth-order valence-electron chi connectivity index (χ4n) is 3.64. The number of carbonyl (C=O) groups is 1. The maximum Gasteiger partial charge on any atom is 0.276 e. The van der Waals surface area contributed by atoms with Crippen LogP contribution >= 0.6 is 0 Å². The molecule has 1 aliphatic rings. The summed E-state index contributed by atoms with van der Waals surface area (Å²) in [5.74, 6) is -0.0946. The van der Waals surface area contributed by atoms with E-state index in [9.17, 15) is 9.59 Å². The quantitative estimate of drug-likeness (QED) is 0.704. The Hall–Kier alpha value is -3.19. The van der Waals surface area contributed by atoms with Crippen LogP contribution in [-0.4, -0.2) is 42.0 Å². The van der Waals surface area contributed by atoms with Crippen molar-refractivity contribution in [2.75, 3.05) is 36.5 Å². The monoisotopic (exact) mass is 406 g/mol. The van der Waals surface area contributed by atoms with E-state index in [1.807, 2.05) is 44.2 Å². The van der Waals surface area contributed by atoms with Crippen molar-refractivity contribution in [3.63, 3.8) is 0 Å². The fourth-order valence-corrected chi connectivity index (χ4v) is 3.64. The standard InChI is InChI=1S/C23H26N4O3/c1-16(2)15-27-23(29)20-6-4-3-5-19(20)21(25-27)22(28)24-17-7-9-18(10-8-17)26-11-13-30-14-12-26/h3-10,16H,11-15H2,1-2H3,(H,24,28). The predicted octanol–water partition coefficient (Wildman–Crippen LogP) is 3.14. The molecule has 0 aliphatic carbocycles. The number of nitrogens with zero attached hydrogens (tertiary/aromatic N) is 3. The molecule has 0 spiro atoms. The van der Waals surface area contributed by atoms with Crippen LogP contribution in [0.25, 0.3) is 10.8 Å². The van der Waals surface area contributed by atoms with Gasteiger partial charge in [0.25, 0.3) is 11.5 Å².